The largest absolute Gasteiger partial charge is 0.491 e. The normalized spacial score (nSPS) is 13.9. The highest BCUT2D eigenvalue weighted by atomic mass is 16.5. The quantitative estimate of drug-likeness (QED) is 0.666. The molecule has 19 heavy (non-hydrogen) atoms. The predicted octanol–water partition coefficient (Wildman–Crippen LogP) is 5.65. The highest BCUT2D eigenvalue weighted by Crippen LogP contribution is 2.40. The minimum atomic E-state index is 0.236. The van der Waals surface area contributed by atoms with Gasteiger partial charge in [-0.1, -0.05) is 46.8 Å². The van der Waals surface area contributed by atoms with Crippen LogP contribution in [0.25, 0.3) is 0 Å². The average Bonchev–Trinajstić information content (AvgIpc) is 2.25. The first kappa shape index (κ1) is 16.1. The van der Waals surface area contributed by atoms with Gasteiger partial charge in [0.05, 0.1) is 6.10 Å². The lowest BCUT2D eigenvalue weighted by Crippen LogP contribution is -2.20. The number of hydrogen-bond donors (Lipinski definition) is 0. The molecule has 0 aliphatic heterocycles. The van der Waals surface area contributed by atoms with Crippen molar-refractivity contribution in [2.24, 2.45) is 11.3 Å². The average molecular weight is 262 g/mol. The Morgan fingerprint density at radius 3 is 1.84 bits per heavy atom. The Morgan fingerprint density at radius 1 is 0.947 bits per heavy atom. The van der Waals surface area contributed by atoms with Gasteiger partial charge in [-0.3, -0.25) is 0 Å². The van der Waals surface area contributed by atoms with Crippen LogP contribution in [0, 0.1) is 11.3 Å². The summed E-state index contributed by atoms with van der Waals surface area (Å²) in [4.78, 5) is 0. The first-order valence-electron chi connectivity index (χ1n) is 7.46. The Kier molecular flexibility index (Phi) is 5.46. The molecule has 1 heteroatoms. The molecule has 0 aliphatic rings. The summed E-state index contributed by atoms with van der Waals surface area (Å²) in [5.74, 6) is 2.28. The molecule has 0 spiro atoms. The van der Waals surface area contributed by atoms with E-state index in [1.807, 2.05) is 0 Å². The Morgan fingerprint density at radius 2 is 1.47 bits per heavy atom. The fourth-order valence-electron chi connectivity index (χ4n) is 2.51. The maximum absolute atomic E-state index is 5.72. The van der Waals surface area contributed by atoms with Crippen molar-refractivity contribution in [2.75, 3.05) is 0 Å². The molecule has 0 aromatic heterocycles. The highest BCUT2D eigenvalue weighted by molar-refractivity contribution is 5.30. The van der Waals surface area contributed by atoms with Gasteiger partial charge in [0.25, 0.3) is 0 Å². The lowest BCUT2D eigenvalue weighted by molar-refractivity contribution is 0.241. The van der Waals surface area contributed by atoms with Crippen LogP contribution >= 0.6 is 0 Å². The van der Waals surface area contributed by atoms with Gasteiger partial charge in [-0.2, -0.15) is 0 Å². The molecule has 0 heterocycles. The van der Waals surface area contributed by atoms with E-state index in [-0.39, 0.29) is 6.10 Å². The summed E-state index contributed by atoms with van der Waals surface area (Å²) in [7, 11) is 0. The zero-order chi connectivity index (χ0) is 14.6. The molecule has 1 nitrogen and oxygen atoms in total. The molecule has 0 bridgehead atoms. The van der Waals surface area contributed by atoms with Crippen molar-refractivity contribution in [1.29, 1.82) is 0 Å². The summed E-state index contributed by atoms with van der Waals surface area (Å²) in [6, 6.07) is 8.68. The Bertz CT molecular complexity index is 368. The Labute approximate surface area is 119 Å². The van der Waals surface area contributed by atoms with Crippen molar-refractivity contribution < 1.29 is 4.74 Å². The van der Waals surface area contributed by atoms with Gasteiger partial charge >= 0.3 is 0 Å². The maximum Gasteiger partial charge on any atom is 0.119 e. The molecule has 0 saturated carbocycles. The molecule has 1 rings (SSSR count). The molecule has 0 amide bonds. The molecule has 0 radical (unpaired) electrons. The minimum absolute atomic E-state index is 0.236. The van der Waals surface area contributed by atoms with Crippen molar-refractivity contribution in [2.45, 2.75) is 66.9 Å². The van der Waals surface area contributed by atoms with E-state index in [4.69, 9.17) is 4.74 Å². The van der Waals surface area contributed by atoms with Gasteiger partial charge in [0.1, 0.15) is 5.75 Å². The van der Waals surface area contributed by atoms with E-state index in [1.54, 1.807) is 0 Å². The van der Waals surface area contributed by atoms with E-state index in [0.29, 0.717) is 11.3 Å². The van der Waals surface area contributed by atoms with Crippen molar-refractivity contribution >= 4 is 0 Å². The molecular weight excluding hydrogens is 232 g/mol. The van der Waals surface area contributed by atoms with Crippen LogP contribution in [0.3, 0.4) is 0 Å². The zero-order valence-electron chi connectivity index (χ0n) is 13.7. The second-order valence-corrected chi connectivity index (χ2v) is 7.28. The molecule has 0 aliphatic carbocycles. The van der Waals surface area contributed by atoms with Gasteiger partial charge in [-0.15, -0.1) is 0 Å². The van der Waals surface area contributed by atoms with Crippen molar-refractivity contribution in [3.8, 4) is 5.75 Å². The zero-order valence-corrected chi connectivity index (χ0v) is 13.7. The third-order valence-electron chi connectivity index (χ3n) is 3.41. The third-order valence-corrected chi connectivity index (χ3v) is 3.41. The van der Waals surface area contributed by atoms with E-state index in [2.05, 4.69) is 72.7 Å². The second kappa shape index (κ2) is 6.45. The smallest absolute Gasteiger partial charge is 0.119 e. The molecule has 0 N–H and O–H groups in total. The van der Waals surface area contributed by atoms with Gasteiger partial charge in [0, 0.05) is 0 Å². The fourth-order valence-corrected chi connectivity index (χ4v) is 2.51. The molecule has 0 fully saturated rings. The van der Waals surface area contributed by atoms with Gasteiger partial charge in [0.15, 0.2) is 0 Å². The standard InChI is InChI=1S/C18H30O/c1-13(2)12-17(18(5,6)7)15-8-10-16(11-9-15)19-14(3)4/h8-11,13-14,17H,12H2,1-7H3. The van der Waals surface area contributed by atoms with Crippen molar-refractivity contribution in [1.82, 2.24) is 0 Å². The van der Waals surface area contributed by atoms with Crippen LogP contribution in [0.4, 0.5) is 0 Å². The molecule has 108 valence electrons. The summed E-state index contributed by atoms with van der Waals surface area (Å²) >= 11 is 0. The summed E-state index contributed by atoms with van der Waals surface area (Å²) in [5.41, 5.74) is 1.72. The van der Waals surface area contributed by atoms with E-state index in [0.717, 1.165) is 11.7 Å². The summed E-state index contributed by atoms with van der Waals surface area (Å²) in [5, 5.41) is 0. The van der Waals surface area contributed by atoms with E-state index in [9.17, 15) is 0 Å². The Balaban J connectivity index is 2.91. The molecule has 1 aromatic carbocycles. The van der Waals surface area contributed by atoms with Gasteiger partial charge in [-0.25, -0.2) is 0 Å². The third kappa shape index (κ3) is 5.26. The number of rotatable bonds is 5. The molecular formula is C18H30O. The van der Waals surface area contributed by atoms with Crippen molar-refractivity contribution in [3.63, 3.8) is 0 Å². The Hall–Kier alpha value is -0.980. The first-order chi connectivity index (χ1) is 8.70. The predicted molar refractivity (Wildman–Crippen MR) is 83.9 cm³/mol. The van der Waals surface area contributed by atoms with Crippen LogP contribution in [-0.2, 0) is 0 Å². The van der Waals surface area contributed by atoms with Crippen LogP contribution in [0.1, 0.15) is 66.4 Å². The topological polar surface area (TPSA) is 9.23 Å². The summed E-state index contributed by atoms with van der Waals surface area (Å²) in [6.07, 6.45) is 1.47. The highest BCUT2D eigenvalue weighted by Gasteiger charge is 2.26. The minimum Gasteiger partial charge on any atom is -0.491 e. The lowest BCUT2D eigenvalue weighted by atomic mass is 9.72. The van der Waals surface area contributed by atoms with Gasteiger partial charge in [-0.05, 0) is 55.2 Å². The second-order valence-electron chi connectivity index (χ2n) is 7.28. The molecule has 1 atom stereocenters. The van der Waals surface area contributed by atoms with Gasteiger partial charge < -0.3 is 4.74 Å². The number of benzene rings is 1. The van der Waals surface area contributed by atoms with Crippen LogP contribution in [0.15, 0.2) is 24.3 Å². The SMILES string of the molecule is CC(C)CC(c1ccc(OC(C)C)cc1)C(C)(C)C. The van der Waals surface area contributed by atoms with Crippen molar-refractivity contribution in [3.05, 3.63) is 29.8 Å². The van der Waals surface area contributed by atoms with Crippen LogP contribution in [-0.4, -0.2) is 6.10 Å². The van der Waals surface area contributed by atoms with Gasteiger partial charge in [0.2, 0.25) is 0 Å². The van der Waals surface area contributed by atoms with Crippen LogP contribution in [0.5, 0.6) is 5.75 Å². The van der Waals surface area contributed by atoms with Crippen LogP contribution < -0.4 is 4.74 Å². The van der Waals surface area contributed by atoms with E-state index >= 15 is 0 Å². The number of hydrogen-bond acceptors (Lipinski definition) is 1. The lowest BCUT2D eigenvalue weighted by Gasteiger charge is -2.32. The van der Waals surface area contributed by atoms with E-state index < -0.39 is 0 Å². The van der Waals surface area contributed by atoms with E-state index in [1.165, 1.54) is 12.0 Å². The maximum atomic E-state index is 5.72. The summed E-state index contributed by atoms with van der Waals surface area (Å²) < 4.78 is 5.72. The number of ether oxygens (including phenoxy) is 1. The molecule has 1 unspecified atom stereocenters. The molecule has 1 aromatic rings. The van der Waals surface area contributed by atoms with Crippen LogP contribution in [0.2, 0.25) is 0 Å². The fraction of sp³-hybridized carbons (Fsp3) is 0.667. The summed E-state index contributed by atoms with van der Waals surface area (Å²) in [6.45, 7) is 15.7. The monoisotopic (exact) mass is 262 g/mol. The first-order valence-corrected chi connectivity index (χ1v) is 7.46. The molecule has 0 saturated heterocycles.